The number of halogens is 2. The summed E-state index contributed by atoms with van der Waals surface area (Å²) >= 11 is 0. The van der Waals surface area contributed by atoms with Crippen LogP contribution in [-0.4, -0.2) is 12.0 Å². The summed E-state index contributed by atoms with van der Waals surface area (Å²) in [6.07, 6.45) is 0.508. The third-order valence-corrected chi connectivity index (χ3v) is 1.28. The van der Waals surface area contributed by atoms with E-state index in [4.69, 9.17) is 5.41 Å². The Morgan fingerprint density at radius 3 is 2.17 bits per heavy atom. The van der Waals surface area contributed by atoms with Crippen LogP contribution in [0.15, 0.2) is 18.2 Å². The van der Waals surface area contributed by atoms with Gasteiger partial charge in [-0.25, -0.2) is 8.78 Å². The van der Waals surface area contributed by atoms with Crippen molar-refractivity contribution in [1.29, 1.82) is 5.41 Å². The summed E-state index contributed by atoms with van der Waals surface area (Å²) in [4.78, 5) is 10.7. The summed E-state index contributed by atoms with van der Waals surface area (Å²) in [5, 5.41) is 6.57. The Balaban J connectivity index is 3.17. The van der Waals surface area contributed by atoms with Crippen LogP contribution in [0, 0.1) is 17.0 Å². The Morgan fingerprint density at radius 1 is 1.25 bits per heavy atom. The monoisotopic (exact) mass is 169 g/mol. The van der Waals surface area contributed by atoms with Gasteiger partial charge in [0.1, 0.15) is 11.6 Å². The number of carbonyl (C=O) groups is 1. The van der Waals surface area contributed by atoms with E-state index in [1.54, 1.807) is 0 Å². The molecule has 0 aliphatic carbocycles. The van der Waals surface area contributed by atoms with Crippen molar-refractivity contribution in [3.05, 3.63) is 35.4 Å². The van der Waals surface area contributed by atoms with Crippen LogP contribution in [0.3, 0.4) is 0 Å². The first-order valence-corrected chi connectivity index (χ1v) is 3.14. The zero-order chi connectivity index (χ0) is 9.14. The summed E-state index contributed by atoms with van der Waals surface area (Å²) in [5.74, 6) is -2.35. The van der Waals surface area contributed by atoms with E-state index in [9.17, 15) is 13.6 Å². The van der Waals surface area contributed by atoms with E-state index in [1.165, 1.54) is 0 Å². The van der Waals surface area contributed by atoms with E-state index in [0.29, 0.717) is 12.3 Å². The predicted molar refractivity (Wildman–Crippen MR) is 39.5 cm³/mol. The molecule has 0 aromatic heterocycles. The maximum absolute atomic E-state index is 12.5. The van der Waals surface area contributed by atoms with Crippen molar-refractivity contribution in [2.24, 2.45) is 0 Å². The number of nitrogens with one attached hydrogen (secondary N) is 1. The fraction of sp³-hybridized carbons (Fsp3) is 0. The number of hydrogen-bond acceptors (Lipinski definition) is 2. The van der Waals surface area contributed by atoms with Gasteiger partial charge in [0.2, 0.25) is 5.78 Å². The molecule has 1 N–H and O–H groups in total. The van der Waals surface area contributed by atoms with Crippen molar-refractivity contribution in [2.75, 3.05) is 0 Å². The minimum atomic E-state index is -0.819. The number of benzene rings is 1. The topological polar surface area (TPSA) is 40.9 Å². The molecule has 1 aromatic carbocycles. The molecule has 62 valence electrons. The lowest BCUT2D eigenvalue weighted by Gasteiger charge is -1.95. The fourth-order valence-electron chi connectivity index (χ4n) is 0.779. The highest BCUT2D eigenvalue weighted by atomic mass is 19.1. The Morgan fingerprint density at radius 2 is 1.75 bits per heavy atom. The number of hydrogen-bond donors (Lipinski definition) is 1. The van der Waals surface area contributed by atoms with Crippen molar-refractivity contribution in [3.8, 4) is 0 Å². The van der Waals surface area contributed by atoms with Gasteiger partial charge in [-0.2, -0.15) is 0 Å². The smallest absolute Gasteiger partial charge is 0.203 e. The van der Waals surface area contributed by atoms with Crippen LogP contribution in [0.25, 0.3) is 0 Å². The predicted octanol–water partition coefficient (Wildman–Crippen LogP) is 1.80. The molecule has 0 amide bonds. The molecule has 0 saturated carbocycles. The average molecular weight is 169 g/mol. The van der Waals surface area contributed by atoms with Gasteiger partial charge in [0.05, 0.1) is 6.21 Å². The van der Waals surface area contributed by atoms with Gasteiger partial charge in [-0.15, -0.1) is 0 Å². The number of ketones is 1. The van der Waals surface area contributed by atoms with E-state index >= 15 is 0 Å². The van der Waals surface area contributed by atoms with E-state index in [1.807, 2.05) is 0 Å². The molecule has 0 unspecified atom stereocenters. The molecule has 1 aromatic rings. The fourth-order valence-corrected chi connectivity index (χ4v) is 0.779. The first kappa shape index (κ1) is 8.52. The zero-order valence-corrected chi connectivity index (χ0v) is 5.97. The molecule has 0 fully saturated rings. The second-order valence-electron chi connectivity index (χ2n) is 2.17. The minimum Gasteiger partial charge on any atom is -0.305 e. The van der Waals surface area contributed by atoms with Crippen LogP contribution < -0.4 is 0 Å². The average Bonchev–Trinajstić information content (AvgIpc) is 2.01. The number of Topliss-reactive ketones (excluding diaryl/α,β-unsaturated/α-hetero) is 1. The van der Waals surface area contributed by atoms with Gasteiger partial charge in [-0.1, -0.05) is 0 Å². The molecule has 0 bridgehead atoms. The van der Waals surface area contributed by atoms with Crippen molar-refractivity contribution in [2.45, 2.75) is 0 Å². The molecule has 0 saturated heterocycles. The Kier molecular flexibility index (Phi) is 2.28. The third-order valence-electron chi connectivity index (χ3n) is 1.28. The Hall–Kier alpha value is -1.58. The Labute approximate surface area is 67.3 Å². The van der Waals surface area contributed by atoms with Crippen LogP contribution in [0.1, 0.15) is 10.4 Å². The van der Waals surface area contributed by atoms with Crippen molar-refractivity contribution >= 4 is 12.0 Å². The highest BCUT2D eigenvalue weighted by Crippen LogP contribution is 2.07. The normalized spacial score (nSPS) is 9.50. The van der Waals surface area contributed by atoms with E-state index in [-0.39, 0.29) is 5.56 Å². The van der Waals surface area contributed by atoms with Crippen LogP contribution in [-0.2, 0) is 0 Å². The summed E-state index contributed by atoms with van der Waals surface area (Å²) < 4.78 is 24.9. The first-order valence-electron chi connectivity index (χ1n) is 3.14. The molecule has 12 heavy (non-hydrogen) atoms. The quantitative estimate of drug-likeness (QED) is 0.532. The molecule has 0 heterocycles. The largest absolute Gasteiger partial charge is 0.305 e. The maximum Gasteiger partial charge on any atom is 0.203 e. The summed E-state index contributed by atoms with van der Waals surface area (Å²) in [6, 6.07) is 2.44. The van der Waals surface area contributed by atoms with Crippen molar-refractivity contribution < 1.29 is 13.6 Å². The van der Waals surface area contributed by atoms with E-state index in [0.717, 1.165) is 12.1 Å². The SMILES string of the molecule is N=CC(=O)c1cc(F)cc(F)c1. The van der Waals surface area contributed by atoms with Gasteiger partial charge in [0, 0.05) is 11.6 Å². The number of rotatable bonds is 2. The van der Waals surface area contributed by atoms with Gasteiger partial charge in [-0.05, 0) is 12.1 Å². The van der Waals surface area contributed by atoms with E-state index in [2.05, 4.69) is 0 Å². The molecule has 2 nitrogen and oxygen atoms in total. The first-order chi connectivity index (χ1) is 5.63. The van der Waals surface area contributed by atoms with Crippen LogP contribution in [0.4, 0.5) is 8.78 Å². The molecular weight excluding hydrogens is 164 g/mol. The lowest BCUT2D eigenvalue weighted by Crippen LogP contribution is -2.00. The van der Waals surface area contributed by atoms with Gasteiger partial charge >= 0.3 is 0 Å². The zero-order valence-electron chi connectivity index (χ0n) is 5.97. The van der Waals surface area contributed by atoms with Gasteiger partial charge in [0.25, 0.3) is 0 Å². The van der Waals surface area contributed by atoms with Crippen LogP contribution in [0.5, 0.6) is 0 Å². The molecular formula is C8H5F2NO. The van der Waals surface area contributed by atoms with Crippen molar-refractivity contribution in [1.82, 2.24) is 0 Å². The lowest BCUT2D eigenvalue weighted by atomic mass is 10.1. The Bertz CT molecular complexity index is 316. The highest BCUT2D eigenvalue weighted by molar-refractivity contribution is 6.34. The maximum atomic E-state index is 12.5. The van der Waals surface area contributed by atoms with Crippen LogP contribution >= 0.6 is 0 Å². The molecule has 0 aliphatic rings. The van der Waals surface area contributed by atoms with Crippen LogP contribution in [0.2, 0.25) is 0 Å². The standard InChI is InChI=1S/C8H5F2NO/c9-6-1-5(8(12)4-11)2-7(10)3-6/h1-4,11H. The van der Waals surface area contributed by atoms with Crippen molar-refractivity contribution in [3.63, 3.8) is 0 Å². The molecule has 0 atom stereocenters. The summed E-state index contributed by atoms with van der Waals surface area (Å²) in [6.45, 7) is 0. The molecule has 0 aliphatic heterocycles. The number of carbonyl (C=O) groups excluding carboxylic acids is 1. The van der Waals surface area contributed by atoms with Gasteiger partial charge in [-0.3, -0.25) is 4.79 Å². The molecule has 0 radical (unpaired) electrons. The van der Waals surface area contributed by atoms with Gasteiger partial charge < -0.3 is 5.41 Å². The molecule has 1 rings (SSSR count). The second-order valence-corrected chi connectivity index (χ2v) is 2.17. The summed E-state index contributed by atoms with van der Waals surface area (Å²) in [5.41, 5.74) is -0.150. The summed E-state index contributed by atoms with van der Waals surface area (Å²) in [7, 11) is 0. The van der Waals surface area contributed by atoms with E-state index < -0.39 is 17.4 Å². The second kappa shape index (κ2) is 3.21. The third kappa shape index (κ3) is 1.72. The highest BCUT2D eigenvalue weighted by Gasteiger charge is 2.05. The molecule has 0 spiro atoms. The molecule has 4 heteroatoms. The van der Waals surface area contributed by atoms with Gasteiger partial charge in [0.15, 0.2) is 0 Å². The lowest BCUT2D eigenvalue weighted by molar-refractivity contribution is 0.106. The minimum absolute atomic E-state index is 0.150.